The van der Waals surface area contributed by atoms with Crippen molar-refractivity contribution in [2.24, 2.45) is 5.92 Å². The molecule has 2 aromatic heterocycles. The van der Waals surface area contributed by atoms with E-state index in [9.17, 15) is 27.5 Å². The summed E-state index contributed by atoms with van der Waals surface area (Å²) in [6, 6.07) is 12.1. The standard InChI is InChI=1S/C28H29FN6O6S/c1-16-25(17(2)41-32-16)35(42(39)40)21-11-9-18(10-12-21)13-23(36)31-24-26(30)33(14-19-7-8-19)28(38)34(27(24)37)15-20-5-3-4-6-22(20)29/h3-6,9-12,19H,7-8,13-15,30H2,1-2H3,(H,31,36)(H,39,40). The number of hydrogen-bond donors (Lipinski definition) is 3. The molecule has 1 saturated carbocycles. The average molecular weight is 597 g/mol. The second-order valence-electron chi connectivity index (χ2n) is 10.2. The molecule has 4 aromatic rings. The van der Waals surface area contributed by atoms with E-state index < -0.39 is 34.2 Å². The zero-order chi connectivity index (χ0) is 30.1. The van der Waals surface area contributed by atoms with Crippen molar-refractivity contribution in [2.45, 2.75) is 46.2 Å². The van der Waals surface area contributed by atoms with E-state index in [1.807, 2.05) is 0 Å². The van der Waals surface area contributed by atoms with Gasteiger partial charge in [0.25, 0.3) is 16.8 Å². The highest BCUT2D eigenvalue weighted by molar-refractivity contribution is 7.81. The molecule has 220 valence electrons. The van der Waals surface area contributed by atoms with Gasteiger partial charge in [-0.15, -0.1) is 0 Å². The Morgan fingerprint density at radius 2 is 1.86 bits per heavy atom. The molecule has 1 unspecified atom stereocenters. The number of benzene rings is 2. The van der Waals surface area contributed by atoms with Gasteiger partial charge in [-0.1, -0.05) is 35.5 Å². The Labute approximate surface area is 242 Å². The van der Waals surface area contributed by atoms with Crippen LogP contribution in [0.2, 0.25) is 0 Å². The van der Waals surface area contributed by atoms with Crippen LogP contribution in [0.4, 0.5) is 27.3 Å². The van der Waals surface area contributed by atoms with Gasteiger partial charge in [0.1, 0.15) is 28.7 Å². The SMILES string of the molecule is Cc1noc(C)c1N(c1ccc(CC(=O)Nc2c(N)n(CC3CC3)c(=O)n(Cc3ccccc3F)c2=O)cc1)S(=O)O. The van der Waals surface area contributed by atoms with Gasteiger partial charge in [-0.25, -0.2) is 17.7 Å². The van der Waals surface area contributed by atoms with Crippen molar-refractivity contribution < 1.29 is 22.5 Å². The molecule has 1 aliphatic rings. The van der Waals surface area contributed by atoms with Gasteiger partial charge >= 0.3 is 5.69 Å². The molecule has 5 rings (SSSR count). The fourth-order valence-corrected chi connectivity index (χ4v) is 5.41. The summed E-state index contributed by atoms with van der Waals surface area (Å²) in [6.07, 6.45) is 1.66. The third kappa shape index (κ3) is 5.90. The van der Waals surface area contributed by atoms with Crippen molar-refractivity contribution in [1.82, 2.24) is 14.3 Å². The Hall–Kier alpha value is -4.56. The monoisotopic (exact) mass is 596 g/mol. The number of nitrogens with two attached hydrogens (primary N) is 1. The highest BCUT2D eigenvalue weighted by Gasteiger charge is 2.27. The lowest BCUT2D eigenvalue weighted by molar-refractivity contribution is -0.115. The summed E-state index contributed by atoms with van der Waals surface area (Å²) >= 11 is -2.42. The van der Waals surface area contributed by atoms with Gasteiger partial charge in [0.05, 0.1) is 18.7 Å². The summed E-state index contributed by atoms with van der Waals surface area (Å²) in [5.74, 6) is -0.717. The number of aromatic nitrogens is 3. The van der Waals surface area contributed by atoms with Crippen LogP contribution in [0.15, 0.2) is 62.6 Å². The highest BCUT2D eigenvalue weighted by Crippen LogP contribution is 2.33. The minimum atomic E-state index is -2.42. The Morgan fingerprint density at radius 1 is 1.17 bits per heavy atom. The smallest absolute Gasteiger partial charge is 0.332 e. The van der Waals surface area contributed by atoms with Crippen LogP contribution in [0.3, 0.4) is 0 Å². The molecule has 0 radical (unpaired) electrons. The van der Waals surface area contributed by atoms with E-state index in [0.29, 0.717) is 28.4 Å². The predicted octanol–water partition coefficient (Wildman–Crippen LogP) is 3.25. The number of nitrogens with zero attached hydrogens (tertiary/aromatic N) is 4. The average Bonchev–Trinajstić information content (AvgIpc) is 3.72. The topological polar surface area (TPSA) is 166 Å². The van der Waals surface area contributed by atoms with Gasteiger partial charge in [0.15, 0.2) is 5.76 Å². The number of aryl methyl sites for hydroxylation is 2. The summed E-state index contributed by atoms with van der Waals surface area (Å²) in [7, 11) is 0. The van der Waals surface area contributed by atoms with Crippen LogP contribution >= 0.6 is 0 Å². The van der Waals surface area contributed by atoms with Gasteiger partial charge in [0.2, 0.25) is 5.91 Å². The second-order valence-corrected chi connectivity index (χ2v) is 11.0. The number of nitrogens with one attached hydrogen (secondary N) is 1. The first kappa shape index (κ1) is 29.0. The third-order valence-electron chi connectivity index (χ3n) is 7.05. The molecule has 42 heavy (non-hydrogen) atoms. The van der Waals surface area contributed by atoms with Gasteiger partial charge in [-0.2, -0.15) is 0 Å². The first-order valence-corrected chi connectivity index (χ1v) is 14.2. The number of anilines is 4. The lowest BCUT2D eigenvalue weighted by atomic mass is 10.1. The van der Waals surface area contributed by atoms with Gasteiger partial charge in [-0.3, -0.25) is 23.3 Å². The molecule has 12 nitrogen and oxygen atoms in total. The number of carbonyl (C=O) groups is 1. The quantitative estimate of drug-likeness (QED) is 0.235. The molecule has 1 aliphatic carbocycles. The Bertz CT molecular complexity index is 1770. The summed E-state index contributed by atoms with van der Waals surface area (Å²) in [5.41, 5.74) is 6.30. The Kier molecular flexibility index (Phi) is 8.09. The molecule has 14 heteroatoms. The molecule has 0 spiro atoms. The van der Waals surface area contributed by atoms with Crippen LogP contribution in [0.5, 0.6) is 0 Å². The maximum absolute atomic E-state index is 14.4. The maximum atomic E-state index is 14.4. The number of halogens is 1. The zero-order valence-corrected chi connectivity index (χ0v) is 23.7. The van der Waals surface area contributed by atoms with E-state index in [1.165, 1.54) is 22.8 Å². The van der Waals surface area contributed by atoms with Gasteiger partial charge in [0, 0.05) is 12.1 Å². The molecular weight excluding hydrogens is 567 g/mol. The maximum Gasteiger partial charge on any atom is 0.332 e. The van der Waals surface area contributed by atoms with Crippen LogP contribution < -0.4 is 26.6 Å². The molecule has 1 amide bonds. The molecular formula is C28H29FN6O6S. The molecule has 0 bridgehead atoms. The Morgan fingerprint density at radius 3 is 2.45 bits per heavy atom. The summed E-state index contributed by atoms with van der Waals surface area (Å²) in [6.45, 7) is 3.22. The van der Waals surface area contributed by atoms with Crippen molar-refractivity contribution in [3.8, 4) is 0 Å². The first-order valence-electron chi connectivity index (χ1n) is 13.1. The zero-order valence-electron chi connectivity index (χ0n) is 22.9. The minimum Gasteiger partial charge on any atom is -0.383 e. The van der Waals surface area contributed by atoms with Crippen molar-refractivity contribution in [1.29, 1.82) is 0 Å². The molecule has 1 fully saturated rings. The highest BCUT2D eigenvalue weighted by atomic mass is 32.2. The van der Waals surface area contributed by atoms with E-state index in [0.717, 1.165) is 21.7 Å². The number of rotatable bonds is 10. The van der Waals surface area contributed by atoms with E-state index in [-0.39, 0.29) is 42.5 Å². The van der Waals surface area contributed by atoms with E-state index >= 15 is 0 Å². The van der Waals surface area contributed by atoms with Crippen LogP contribution in [0.25, 0.3) is 0 Å². The summed E-state index contributed by atoms with van der Waals surface area (Å²) < 4.78 is 44.8. The van der Waals surface area contributed by atoms with E-state index in [1.54, 1.807) is 44.2 Å². The molecule has 2 aromatic carbocycles. The summed E-state index contributed by atoms with van der Waals surface area (Å²) in [5, 5.41) is 6.38. The van der Waals surface area contributed by atoms with E-state index in [4.69, 9.17) is 10.3 Å². The van der Waals surface area contributed by atoms with Crippen molar-refractivity contribution in [2.75, 3.05) is 15.4 Å². The van der Waals surface area contributed by atoms with Crippen LogP contribution in [0, 0.1) is 25.6 Å². The molecule has 0 aliphatic heterocycles. The van der Waals surface area contributed by atoms with Gasteiger partial charge in [-0.05, 0) is 56.4 Å². The molecule has 2 heterocycles. The molecule has 1 atom stereocenters. The Balaban J connectivity index is 1.41. The normalized spacial score (nSPS) is 13.6. The van der Waals surface area contributed by atoms with Gasteiger partial charge < -0.3 is 15.6 Å². The van der Waals surface area contributed by atoms with Crippen molar-refractivity contribution in [3.05, 3.63) is 97.8 Å². The lowest BCUT2D eigenvalue weighted by Gasteiger charge is -2.19. The van der Waals surface area contributed by atoms with Crippen molar-refractivity contribution >= 4 is 40.1 Å². The number of hydrogen-bond acceptors (Lipinski definition) is 7. The largest absolute Gasteiger partial charge is 0.383 e. The van der Waals surface area contributed by atoms with Crippen LogP contribution in [-0.4, -0.2) is 29.0 Å². The van der Waals surface area contributed by atoms with Crippen LogP contribution in [-0.2, 0) is 35.6 Å². The number of carbonyl (C=O) groups excluding carboxylic acids is 1. The first-order chi connectivity index (χ1) is 20.0. The predicted molar refractivity (Wildman–Crippen MR) is 155 cm³/mol. The minimum absolute atomic E-state index is 0.145. The molecule has 0 saturated heterocycles. The lowest BCUT2D eigenvalue weighted by Crippen LogP contribution is -2.43. The number of nitrogen functional groups attached to an aromatic ring is 1. The number of amides is 1. The van der Waals surface area contributed by atoms with Crippen molar-refractivity contribution in [3.63, 3.8) is 0 Å². The fraction of sp³-hybridized carbons (Fsp3) is 0.286. The molecule has 4 N–H and O–H groups in total. The fourth-order valence-electron chi connectivity index (χ4n) is 4.69. The van der Waals surface area contributed by atoms with Crippen LogP contribution in [0.1, 0.15) is 35.4 Å². The third-order valence-corrected chi connectivity index (χ3v) is 7.75. The van der Waals surface area contributed by atoms with E-state index in [2.05, 4.69) is 10.5 Å². The summed E-state index contributed by atoms with van der Waals surface area (Å²) in [4.78, 5) is 39.7. The second kappa shape index (κ2) is 11.7.